The van der Waals surface area contributed by atoms with E-state index in [4.69, 9.17) is 5.11 Å². The highest BCUT2D eigenvalue weighted by Gasteiger charge is 2.15. The van der Waals surface area contributed by atoms with Crippen molar-refractivity contribution in [2.45, 2.75) is 32.7 Å². The van der Waals surface area contributed by atoms with Crippen molar-refractivity contribution >= 4 is 32.7 Å². The van der Waals surface area contributed by atoms with Crippen LogP contribution in [0, 0.1) is 0 Å². The van der Waals surface area contributed by atoms with E-state index in [1.54, 1.807) is 11.3 Å². The number of hydrogen-bond acceptors (Lipinski definition) is 4. The number of aliphatic carboxylic acids is 1. The molecular formula is C14H18N2O2S. The van der Waals surface area contributed by atoms with Gasteiger partial charge in [-0.1, -0.05) is 23.5 Å². The molecule has 0 saturated carbocycles. The van der Waals surface area contributed by atoms with E-state index in [0.29, 0.717) is 12.5 Å². The smallest absolute Gasteiger partial charge is 0.303 e. The summed E-state index contributed by atoms with van der Waals surface area (Å²) in [5.74, 6) is -0.743. The molecule has 4 nitrogen and oxygen atoms in total. The summed E-state index contributed by atoms with van der Waals surface area (Å²) in [4.78, 5) is 17.4. The zero-order valence-electron chi connectivity index (χ0n) is 11.2. The molecule has 0 spiro atoms. The van der Waals surface area contributed by atoms with E-state index >= 15 is 0 Å². The van der Waals surface area contributed by atoms with Crippen molar-refractivity contribution in [1.29, 1.82) is 0 Å². The number of carbonyl (C=O) groups is 1. The summed E-state index contributed by atoms with van der Waals surface area (Å²) in [5, 5.41) is 9.69. The fraction of sp³-hybridized carbons (Fsp3) is 0.429. The standard InChI is InChI=1S/C14H18N2O2S/c1-10(2)16(9-5-8-13(17)18)14-15-11-6-3-4-7-12(11)19-14/h3-4,6-7,10H,5,8-9H2,1-2H3,(H,17,18). The summed E-state index contributed by atoms with van der Waals surface area (Å²) < 4.78 is 1.17. The van der Waals surface area contributed by atoms with Crippen LogP contribution in [0.4, 0.5) is 5.13 Å². The summed E-state index contributed by atoms with van der Waals surface area (Å²) in [6.07, 6.45) is 0.845. The molecule has 19 heavy (non-hydrogen) atoms. The van der Waals surface area contributed by atoms with Crippen LogP contribution in [-0.4, -0.2) is 28.6 Å². The molecule has 1 N–H and O–H groups in total. The lowest BCUT2D eigenvalue weighted by molar-refractivity contribution is -0.137. The van der Waals surface area contributed by atoms with Crippen LogP contribution in [0.5, 0.6) is 0 Å². The van der Waals surface area contributed by atoms with Gasteiger partial charge in [0.25, 0.3) is 0 Å². The number of rotatable bonds is 6. The molecule has 5 heteroatoms. The number of fused-ring (bicyclic) bond motifs is 1. The molecule has 1 aromatic heterocycles. The highest BCUT2D eigenvalue weighted by atomic mass is 32.1. The van der Waals surface area contributed by atoms with E-state index in [1.165, 1.54) is 4.70 Å². The first-order chi connectivity index (χ1) is 9.08. The SMILES string of the molecule is CC(C)N(CCCC(=O)O)c1nc2ccccc2s1. The normalized spacial score (nSPS) is 11.1. The Bertz CT molecular complexity index is 532. The second-order valence-corrected chi connectivity index (χ2v) is 5.76. The van der Waals surface area contributed by atoms with Crippen LogP contribution >= 0.6 is 11.3 Å². The molecule has 102 valence electrons. The topological polar surface area (TPSA) is 53.4 Å². The molecule has 2 rings (SSSR count). The quantitative estimate of drug-likeness (QED) is 0.880. The van der Waals surface area contributed by atoms with Crippen molar-refractivity contribution in [3.05, 3.63) is 24.3 Å². The van der Waals surface area contributed by atoms with Crippen molar-refractivity contribution in [2.75, 3.05) is 11.4 Å². The highest BCUT2D eigenvalue weighted by Crippen LogP contribution is 2.29. The summed E-state index contributed by atoms with van der Waals surface area (Å²) >= 11 is 1.66. The Morgan fingerprint density at radius 1 is 1.42 bits per heavy atom. The third-order valence-electron chi connectivity index (χ3n) is 2.94. The number of hydrogen-bond donors (Lipinski definition) is 1. The Hall–Kier alpha value is -1.62. The summed E-state index contributed by atoms with van der Waals surface area (Å²) in [6.45, 7) is 4.93. The Labute approximate surface area is 116 Å². The van der Waals surface area contributed by atoms with E-state index in [2.05, 4.69) is 29.8 Å². The Kier molecular flexibility index (Phi) is 4.37. The lowest BCUT2D eigenvalue weighted by Crippen LogP contribution is -2.31. The van der Waals surface area contributed by atoms with Gasteiger partial charge in [-0.3, -0.25) is 4.79 Å². The second-order valence-electron chi connectivity index (χ2n) is 4.75. The molecule has 2 aromatic rings. The molecule has 0 atom stereocenters. The van der Waals surface area contributed by atoms with Crippen molar-refractivity contribution in [3.8, 4) is 0 Å². The van der Waals surface area contributed by atoms with Gasteiger partial charge in [-0.25, -0.2) is 4.98 Å². The third kappa shape index (κ3) is 3.44. The van der Waals surface area contributed by atoms with Gasteiger partial charge in [0.1, 0.15) is 0 Å². The Morgan fingerprint density at radius 2 is 2.16 bits per heavy atom. The molecule has 0 radical (unpaired) electrons. The molecule has 0 aliphatic heterocycles. The predicted molar refractivity (Wildman–Crippen MR) is 79.0 cm³/mol. The molecule has 1 heterocycles. The minimum Gasteiger partial charge on any atom is -0.481 e. The number of carboxylic acids is 1. The van der Waals surface area contributed by atoms with Crippen LogP contribution < -0.4 is 4.90 Å². The second kappa shape index (κ2) is 6.02. The van der Waals surface area contributed by atoms with E-state index in [9.17, 15) is 4.79 Å². The van der Waals surface area contributed by atoms with Crippen LogP contribution in [0.25, 0.3) is 10.2 Å². The number of para-hydroxylation sites is 1. The van der Waals surface area contributed by atoms with Crippen LogP contribution in [0.3, 0.4) is 0 Å². The molecular weight excluding hydrogens is 260 g/mol. The Balaban J connectivity index is 2.16. The number of benzene rings is 1. The van der Waals surface area contributed by atoms with Gasteiger partial charge in [-0.05, 0) is 32.4 Å². The third-order valence-corrected chi connectivity index (χ3v) is 4.01. The van der Waals surface area contributed by atoms with Gasteiger partial charge in [0.05, 0.1) is 10.2 Å². The number of thiazole rings is 1. The minimum atomic E-state index is -0.743. The van der Waals surface area contributed by atoms with Crippen molar-refractivity contribution in [2.24, 2.45) is 0 Å². The molecule has 0 bridgehead atoms. The summed E-state index contributed by atoms with van der Waals surface area (Å²) in [6, 6.07) is 8.37. The van der Waals surface area contributed by atoms with Crippen LogP contribution in [0.1, 0.15) is 26.7 Å². The predicted octanol–water partition coefficient (Wildman–Crippen LogP) is 3.38. The largest absolute Gasteiger partial charge is 0.481 e. The Morgan fingerprint density at radius 3 is 2.79 bits per heavy atom. The van der Waals surface area contributed by atoms with Crippen molar-refractivity contribution in [1.82, 2.24) is 4.98 Å². The minimum absolute atomic E-state index is 0.202. The first-order valence-electron chi connectivity index (χ1n) is 6.42. The molecule has 0 aliphatic carbocycles. The monoisotopic (exact) mass is 278 g/mol. The van der Waals surface area contributed by atoms with E-state index in [1.807, 2.05) is 18.2 Å². The average molecular weight is 278 g/mol. The molecule has 0 amide bonds. The van der Waals surface area contributed by atoms with E-state index in [-0.39, 0.29) is 6.42 Å². The van der Waals surface area contributed by atoms with Crippen molar-refractivity contribution in [3.63, 3.8) is 0 Å². The number of aromatic nitrogens is 1. The highest BCUT2D eigenvalue weighted by molar-refractivity contribution is 7.22. The van der Waals surface area contributed by atoms with Crippen LogP contribution in [-0.2, 0) is 4.79 Å². The average Bonchev–Trinajstić information content (AvgIpc) is 2.76. The van der Waals surface area contributed by atoms with Gasteiger partial charge in [-0.15, -0.1) is 0 Å². The maximum Gasteiger partial charge on any atom is 0.303 e. The maximum atomic E-state index is 10.6. The summed E-state index contributed by atoms with van der Waals surface area (Å²) in [5.41, 5.74) is 1.01. The van der Waals surface area contributed by atoms with Gasteiger partial charge in [-0.2, -0.15) is 0 Å². The maximum absolute atomic E-state index is 10.6. The summed E-state index contributed by atoms with van der Waals surface area (Å²) in [7, 11) is 0. The first-order valence-corrected chi connectivity index (χ1v) is 7.23. The lowest BCUT2D eigenvalue weighted by atomic mass is 10.2. The van der Waals surface area contributed by atoms with Gasteiger partial charge in [0, 0.05) is 19.0 Å². The zero-order valence-corrected chi connectivity index (χ0v) is 12.0. The van der Waals surface area contributed by atoms with Crippen LogP contribution in [0.15, 0.2) is 24.3 Å². The first kappa shape index (κ1) is 13.8. The fourth-order valence-electron chi connectivity index (χ4n) is 1.96. The van der Waals surface area contributed by atoms with Gasteiger partial charge < -0.3 is 10.0 Å². The van der Waals surface area contributed by atoms with E-state index in [0.717, 1.165) is 17.2 Å². The molecule has 0 unspecified atom stereocenters. The van der Waals surface area contributed by atoms with Crippen LogP contribution in [0.2, 0.25) is 0 Å². The lowest BCUT2D eigenvalue weighted by Gasteiger charge is -2.25. The molecule has 0 aliphatic rings. The number of carboxylic acid groups (broad SMARTS) is 1. The van der Waals surface area contributed by atoms with Gasteiger partial charge in [0.15, 0.2) is 5.13 Å². The number of nitrogens with zero attached hydrogens (tertiary/aromatic N) is 2. The number of anilines is 1. The molecule has 0 saturated heterocycles. The molecule has 1 aromatic carbocycles. The van der Waals surface area contributed by atoms with E-state index < -0.39 is 5.97 Å². The van der Waals surface area contributed by atoms with Gasteiger partial charge in [0.2, 0.25) is 0 Å². The van der Waals surface area contributed by atoms with Crippen molar-refractivity contribution < 1.29 is 9.90 Å². The molecule has 0 fully saturated rings. The van der Waals surface area contributed by atoms with Gasteiger partial charge >= 0.3 is 5.97 Å². The fourth-order valence-corrected chi connectivity index (χ4v) is 3.08. The zero-order chi connectivity index (χ0) is 13.8.